The Balaban J connectivity index is 1.61. The molecule has 0 aromatic heterocycles. The minimum absolute atomic E-state index is 0.145. The molecule has 1 N–H and O–H groups in total. The maximum absolute atomic E-state index is 11.7. The SMILES string of the molecule is O=C(CCCN1CCC[C@H]1CO)OCc1ccccc1. The zero-order chi connectivity index (χ0) is 14.2. The van der Waals surface area contributed by atoms with Crippen LogP contribution in [0.15, 0.2) is 30.3 Å². The second-order valence-electron chi connectivity index (χ2n) is 5.26. The first-order valence-corrected chi connectivity index (χ1v) is 7.34. The molecule has 1 aliphatic rings. The van der Waals surface area contributed by atoms with Gasteiger partial charge in [0.25, 0.3) is 0 Å². The molecule has 2 rings (SSSR count). The van der Waals surface area contributed by atoms with Crippen molar-refractivity contribution in [1.29, 1.82) is 0 Å². The van der Waals surface area contributed by atoms with Gasteiger partial charge in [0.05, 0.1) is 6.61 Å². The molecule has 1 heterocycles. The number of hydrogen-bond acceptors (Lipinski definition) is 4. The predicted molar refractivity (Wildman–Crippen MR) is 77.2 cm³/mol. The van der Waals surface area contributed by atoms with Gasteiger partial charge in [0.2, 0.25) is 0 Å². The Morgan fingerprint density at radius 2 is 2.15 bits per heavy atom. The van der Waals surface area contributed by atoms with Crippen LogP contribution in [-0.2, 0) is 16.1 Å². The highest BCUT2D eigenvalue weighted by Crippen LogP contribution is 2.17. The Morgan fingerprint density at radius 3 is 2.90 bits per heavy atom. The smallest absolute Gasteiger partial charge is 0.306 e. The quantitative estimate of drug-likeness (QED) is 0.774. The van der Waals surface area contributed by atoms with Crippen molar-refractivity contribution in [3.05, 3.63) is 35.9 Å². The molecule has 0 amide bonds. The van der Waals surface area contributed by atoms with Gasteiger partial charge in [-0.3, -0.25) is 9.69 Å². The molecule has 0 radical (unpaired) electrons. The fourth-order valence-corrected chi connectivity index (χ4v) is 2.63. The second kappa shape index (κ2) is 8.02. The minimum atomic E-state index is -0.145. The van der Waals surface area contributed by atoms with Crippen molar-refractivity contribution in [3.63, 3.8) is 0 Å². The van der Waals surface area contributed by atoms with Crippen LogP contribution in [0.4, 0.5) is 0 Å². The summed E-state index contributed by atoms with van der Waals surface area (Å²) in [7, 11) is 0. The summed E-state index contributed by atoms with van der Waals surface area (Å²) < 4.78 is 5.24. The van der Waals surface area contributed by atoms with Gasteiger partial charge in [-0.15, -0.1) is 0 Å². The number of hydrogen-bond donors (Lipinski definition) is 1. The van der Waals surface area contributed by atoms with Crippen molar-refractivity contribution in [2.45, 2.75) is 38.3 Å². The molecule has 1 aromatic carbocycles. The lowest BCUT2D eigenvalue weighted by Gasteiger charge is -2.22. The molecule has 110 valence electrons. The first kappa shape index (κ1) is 15.0. The van der Waals surface area contributed by atoms with E-state index in [0.717, 1.165) is 37.9 Å². The number of carbonyl (C=O) groups excluding carboxylic acids is 1. The maximum Gasteiger partial charge on any atom is 0.306 e. The number of esters is 1. The van der Waals surface area contributed by atoms with E-state index in [9.17, 15) is 9.90 Å². The van der Waals surface area contributed by atoms with E-state index in [2.05, 4.69) is 4.90 Å². The summed E-state index contributed by atoms with van der Waals surface area (Å²) in [6, 6.07) is 10.00. The normalized spacial score (nSPS) is 19.1. The van der Waals surface area contributed by atoms with Crippen molar-refractivity contribution in [2.75, 3.05) is 19.7 Å². The summed E-state index contributed by atoms with van der Waals surface area (Å²) in [5, 5.41) is 9.22. The molecule has 1 saturated heterocycles. The summed E-state index contributed by atoms with van der Waals surface area (Å²) in [6.07, 6.45) is 3.45. The molecule has 1 aliphatic heterocycles. The van der Waals surface area contributed by atoms with Crippen molar-refractivity contribution in [2.24, 2.45) is 0 Å². The highest BCUT2D eigenvalue weighted by Gasteiger charge is 2.23. The molecule has 0 bridgehead atoms. The van der Waals surface area contributed by atoms with Crippen LogP contribution >= 0.6 is 0 Å². The number of carbonyl (C=O) groups is 1. The molecular formula is C16H23NO3. The Labute approximate surface area is 120 Å². The van der Waals surface area contributed by atoms with Crippen LogP contribution in [-0.4, -0.2) is 41.7 Å². The Hall–Kier alpha value is -1.39. The molecular weight excluding hydrogens is 254 g/mol. The summed E-state index contributed by atoms with van der Waals surface area (Å²) in [4.78, 5) is 13.9. The first-order chi connectivity index (χ1) is 9.79. The molecule has 1 fully saturated rings. The van der Waals surface area contributed by atoms with E-state index < -0.39 is 0 Å². The fraction of sp³-hybridized carbons (Fsp3) is 0.562. The fourth-order valence-electron chi connectivity index (χ4n) is 2.63. The lowest BCUT2D eigenvalue weighted by atomic mass is 10.2. The van der Waals surface area contributed by atoms with E-state index in [0.29, 0.717) is 13.0 Å². The minimum Gasteiger partial charge on any atom is -0.461 e. The molecule has 0 saturated carbocycles. The van der Waals surface area contributed by atoms with Crippen LogP contribution in [0.5, 0.6) is 0 Å². The van der Waals surface area contributed by atoms with Crippen LogP contribution in [0.3, 0.4) is 0 Å². The molecule has 20 heavy (non-hydrogen) atoms. The van der Waals surface area contributed by atoms with Gasteiger partial charge in [-0.25, -0.2) is 0 Å². The van der Waals surface area contributed by atoms with Crippen molar-refractivity contribution in [1.82, 2.24) is 4.90 Å². The standard InChI is InChI=1S/C16H23NO3/c18-12-15-8-4-10-17(15)11-5-9-16(19)20-13-14-6-2-1-3-7-14/h1-3,6-7,15,18H,4-5,8-13H2/t15-/m0/s1. The van der Waals surface area contributed by atoms with Gasteiger partial charge >= 0.3 is 5.97 Å². The third-order valence-corrected chi connectivity index (χ3v) is 3.78. The van der Waals surface area contributed by atoms with E-state index in [4.69, 9.17) is 4.74 Å². The van der Waals surface area contributed by atoms with E-state index >= 15 is 0 Å². The van der Waals surface area contributed by atoms with Crippen molar-refractivity contribution in [3.8, 4) is 0 Å². The van der Waals surface area contributed by atoms with E-state index in [1.165, 1.54) is 0 Å². The predicted octanol–water partition coefficient (Wildman–Crippen LogP) is 1.97. The molecule has 0 unspecified atom stereocenters. The topological polar surface area (TPSA) is 49.8 Å². The van der Waals surface area contributed by atoms with Gasteiger partial charge in [0.1, 0.15) is 6.61 Å². The van der Waals surface area contributed by atoms with Gasteiger partial charge in [-0.1, -0.05) is 30.3 Å². The van der Waals surface area contributed by atoms with Crippen LogP contribution in [0.25, 0.3) is 0 Å². The van der Waals surface area contributed by atoms with Gasteiger partial charge in [0, 0.05) is 12.5 Å². The number of nitrogens with zero attached hydrogens (tertiary/aromatic N) is 1. The summed E-state index contributed by atoms with van der Waals surface area (Å²) in [6.45, 7) is 2.47. The Kier molecular flexibility index (Phi) is 6.02. The number of ether oxygens (including phenoxy) is 1. The maximum atomic E-state index is 11.7. The average molecular weight is 277 g/mol. The second-order valence-corrected chi connectivity index (χ2v) is 5.26. The van der Waals surface area contributed by atoms with Gasteiger partial charge in [-0.05, 0) is 37.9 Å². The molecule has 1 atom stereocenters. The first-order valence-electron chi connectivity index (χ1n) is 7.34. The van der Waals surface area contributed by atoms with Crippen LogP contribution < -0.4 is 0 Å². The third-order valence-electron chi connectivity index (χ3n) is 3.78. The molecule has 1 aromatic rings. The summed E-state index contributed by atoms with van der Waals surface area (Å²) in [5.41, 5.74) is 1.01. The van der Waals surface area contributed by atoms with Crippen molar-refractivity contribution >= 4 is 5.97 Å². The Morgan fingerprint density at radius 1 is 1.35 bits per heavy atom. The van der Waals surface area contributed by atoms with Crippen molar-refractivity contribution < 1.29 is 14.6 Å². The van der Waals surface area contributed by atoms with Gasteiger partial charge < -0.3 is 9.84 Å². The van der Waals surface area contributed by atoms with Crippen LogP contribution in [0.2, 0.25) is 0 Å². The highest BCUT2D eigenvalue weighted by molar-refractivity contribution is 5.69. The van der Waals surface area contributed by atoms with Gasteiger partial charge in [-0.2, -0.15) is 0 Å². The molecule has 4 heteroatoms. The zero-order valence-corrected chi connectivity index (χ0v) is 11.8. The average Bonchev–Trinajstić information content (AvgIpc) is 2.94. The third kappa shape index (κ3) is 4.62. The largest absolute Gasteiger partial charge is 0.461 e. The van der Waals surface area contributed by atoms with Crippen LogP contribution in [0.1, 0.15) is 31.2 Å². The lowest BCUT2D eigenvalue weighted by molar-refractivity contribution is -0.145. The van der Waals surface area contributed by atoms with Crippen LogP contribution in [0, 0.1) is 0 Å². The summed E-state index contributed by atoms with van der Waals surface area (Å²) >= 11 is 0. The van der Waals surface area contributed by atoms with Gasteiger partial charge in [0.15, 0.2) is 0 Å². The Bertz CT molecular complexity index is 407. The monoisotopic (exact) mass is 277 g/mol. The van der Waals surface area contributed by atoms with E-state index in [1.807, 2.05) is 30.3 Å². The highest BCUT2D eigenvalue weighted by atomic mass is 16.5. The number of likely N-dealkylation sites (tertiary alicyclic amines) is 1. The zero-order valence-electron chi connectivity index (χ0n) is 11.8. The number of rotatable bonds is 7. The lowest BCUT2D eigenvalue weighted by Crippen LogP contribution is -2.33. The van der Waals surface area contributed by atoms with E-state index in [1.54, 1.807) is 0 Å². The summed E-state index contributed by atoms with van der Waals surface area (Å²) in [5.74, 6) is -0.145. The molecule has 0 aliphatic carbocycles. The molecule has 4 nitrogen and oxygen atoms in total. The number of benzene rings is 1. The molecule has 0 spiro atoms. The number of aliphatic hydroxyl groups excluding tert-OH is 1. The number of aliphatic hydroxyl groups is 1. The van der Waals surface area contributed by atoms with E-state index in [-0.39, 0.29) is 18.6 Å².